The molecule has 0 fully saturated rings. The van der Waals surface area contributed by atoms with Crippen molar-refractivity contribution in [2.45, 2.75) is 33.4 Å². The van der Waals surface area contributed by atoms with Gasteiger partial charge in [0.15, 0.2) is 0 Å². The van der Waals surface area contributed by atoms with Crippen molar-refractivity contribution in [2.75, 3.05) is 18.0 Å². The highest BCUT2D eigenvalue weighted by Gasteiger charge is 2.11. The first kappa shape index (κ1) is 15.9. The average molecular weight is 307 g/mol. The zero-order chi connectivity index (χ0) is 15.1. The molecule has 2 aromatic rings. The normalized spacial score (nSPS) is 10.8. The van der Waals surface area contributed by atoms with E-state index in [4.69, 9.17) is 16.0 Å². The molecule has 0 aliphatic heterocycles. The van der Waals surface area contributed by atoms with E-state index in [0.717, 1.165) is 49.1 Å². The monoisotopic (exact) mass is 306 g/mol. The van der Waals surface area contributed by atoms with Crippen LogP contribution < -0.4 is 10.2 Å². The van der Waals surface area contributed by atoms with Gasteiger partial charge in [-0.3, -0.25) is 0 Å². The molecule has 114 valence electrons. The molecule has 1 aromatic heterocycles. The number of nitrogens with one attached hydrogen (secondary N) is 1. The van der Waals surface area contributed by atoms with Gasteiger partial charge in [-0.05, 0) is 49.7 Å². The van der Waals surface area contributed by atoms with Gasteiger partial charge in [0, 0.05) is 13.1 Å². The summed E-state index contributed by atoms with van der Waals surface area (Å²) in [6.07, 6.45) is 2.84. The Labute approximate surface area is 131 Å². The van der Waals surface area contributed by atoms with Gasteiger partial charge in [-0.2, -0.15) is 0 Å². The number of furan rings is 1. The van der Waals surface area contributed by atoms with Crippen molar-refractivity contribution in [2.24, 2.45) is 0 Å². The second-order valence-electron chi connectivity index (χ2n) is 5.06. The topological polar surface area (TPSA) is 28.4 Å². The van der Waals surface area contributed by atoms with Crippen molar-refractivity contribution in [3.05, 3.63) is 52.9 Å². The molecule has 0 saturated heterocycles. The third kappa shape index (κ3) is 4.51. The molecule has 0 atom stereocenters. The minimum atomic E-state index is 0.733. The van der Waals surface area contributed by atoms with Crippen LogP contribution in [0, 0.1) is 0 Å². The van der Waals surface area contributed by atoms with Gasteiger partial charge in [0.2, 0.25) is 0 Å². The van der Waals surface area contributed by atoms with Gasteiger partial charge in [-0.1, -0.05) is 24.6 Å². The minimum Gasteiger partial charge on any atom is -0.467 e. The summed E-state index contributed by atoms with van der Waals surface area (Å²) in [7, 11) is 0. The van der Waals surface area contributed by atoms with E-state index in [1.54, 1.807) is 6.26 Å². The molecule has 1 aromatic carbocycles. The summed E-state index contributed by atoms with van der Waals surface area (Å²) in [5.41, 5.74) is 2.26. The lowest BCUT2D eigenvalue weighted by atomic mass is 10.2. The standard InChI is InChI=1S/C17H23ClN2O/c1-3-9-19-12-14-7-8-17(16(18)11-14)20(4-2)13-15-6-5-10-21-15/h5-8,10-11,19H,3-4,9,12-13H2,1-2H3. The first-order chi connectivity index (χ1) is 10.2. The van der Waals surface area contributed by atoms with E-state index in [1.165, 1.54) is 5.56 Å². The quantitative estimate of drug-likeness (QED) is 0.730. The van der Waals surface area contributed by atoms with Crippen molar-refractivity contribution in [3.63, 3.8) is 0 Å². The predicted octanol–water partition coefficient (Wildman–Crippen LogP) is 4.46. The number of rotatable bonds is 8. The second kappa shape index (κ2) is 8.11. The fourth-order valence-electron chi connectivity index (χ4n) is 2.28. The van der Waals surface area contributed by atoms with Gasteiger partial charge < -0.3 is 14.6 Å². The highest BCUT2D eigenvalue weighted by molar-refractivity contribution is 6.33. The van der Waals surface area contributed by atoms with Gasteiger partial charge in [-0.15, -0.1) is 0 Å². The van der Waals surface area contributed by atoms with Crippen LogP contribution in [-0.4, -0.2) is 13.1 Å². The van der Waals surface area contributed by atoms with Gasteiger partial charge in [0.1, 0.15) is 5.76 Å². The van der Waals surface area contributed by atoms with Crippen molar-refractivity contribution < 1.29 is 4.42 Å². The van der Waals surface area contributed by atoms with Crippen molar-refractivity contribution in [3.8, 4) is 0 Å². The van der Waals surface area contributed by atoms with E-state index in [0.29, 0.717) is 0 Å². The zero-order valence-electron chi connectivity index (χ0n) is 12.7. The summed E-state index contributed by atoms with van der Waals surface area (Å²) in [6.45, 7) is 7.79. The number of nitrogens with zero attached hydrogens (tertiary/aromatic N) is 1. The summed E-state index contributed by atoms with van der Waals surface area (Å²) in [4.78, 5) is 2.21. The van der Waals surface area contributed by atoms with Crippen LogP contribution >= 0.6 is 11.6 Å². The Morgan fingerprint density at radius 2 is 2.10 bits per heavy atom. The van der Waals surface area contributed by atoms with Crippen LogP contribution in [0.5, 0.6) is 0 Å². The Balaban J connectivity index is 2.07. The Kier molecular flexibility index (Phi) is 6.15. The molecule has 2 rings (SSSR count). The first-order valence-corrected chi connectivity index (χ1v) is 7.88. The molecule has 0 radical (unpaired) electrons. The predicted molar refractivity (Wildman–Crippen MR) is 88.9 cm³/mol. The van der Waals surface area contributed by atoms with Crippen LogP contribution in [0.2, 0.25) is 5.02 Å². The maximum atomic E-state index is 6.46. The van der Waals surface area contributed by atoms with E-state index in [-0.39, 0.29) is 0 Å². The highest BCUT2D eigenvalue weighted by Crippen LogP contribution is 2.28. The molecule has 4 heteroatoms. The number of halogens is 1. The molecular formula is C17H23ClN2O. The Morgan fingerprint density at radius 3 is 2.71 bits per heavy atom. The molecule has 21 heavy (non-hydrogen) atoms. The lowest BCUT2D eigenvalue weighted by Crippen LogP contribution is -2.22. The largest absolute Gasteiger partial charge is 0.467 e. The maximum Gasteiger partial charge on any atom is 0.123 e. The first-order valence-electron chi connectivity index (χ1n) is 7.51. The number of anilines is 1. The smallest absolute Gasteiger partial charge is 0.123 e. The van der Waals surface area contributed by atoms with E-state index in [9.17, 15) is 0 Å². The SMILES string of the molecule is CCCNCc1ccc(N(CC)Cc2ccco2)c(Cl)c1. The fourth-order valence-corrected chi connectivity index (χ4v) is 2.61. The number of hydrogen-bond acceptors (Lipinski definition) is 3. The molecule has 0 aliphatic carbocycles. The van der Waals surface area contributed by atoms with E-state index >= 15 is 0 Å². The molecule has 0 aliphatic rings. The van der Waals surface area contributed by atoms with Gasteiger partial charge in [-0.25, -0.2) is 0 Å². The van der Waals surface area contributed by atoms with Crippen LogP contribution in [-0.2, 0) is 13.1 Å². The minimum absolute atomic E-state index is 0.733. The molecule has 0 saturated carbocycles. The summed E-state index contributed by atoms with van der Waals surface area (Å²) < 4.78 is 5.42. The van der Waals surface area contributed by atoms with Crippen molar-refractivity contribution in [1.82, 2.24) is 5.32 Å². The Bertz CT molecular complexity index is 540. The summed E-state index contributed by atoms with van der Waals surface area (Å²) in [5, 5.41) is 4.18. The Hall–Kier alpha value is -1.45. The van der Waals surface area contributed by atoms with Crippen molar-refractivity contribution in [1.29, 1.82) is 0 Å². The highest BCUT2D eigenvalue weighted by atomic mass is 35.5. The molecule has 0 unspecified atom stereocenters. The number of benzene rings is 1. The summed E-state index contributed by atoms with van der Waals surface area (Å²) >= 11 is 6.46. The zero-order valence-corrected chi connectivity index (χ0v) is 13.5. The van der Waals surface area contributed by atoms with Crippen LogP contribution in [0.15, 0.2) is 41.0 Å². The van der Waals surface area contributed by atoms with Crippen molar-refractivity contribution >= 4 is 17.3 Å². The maximum absolute atomic E-state index is 6.46. The molecular weight excluding hydrogens is 284 g/mol. The van der Waals surface area contributed by atoms with Gasteiger partial charge >= 0.3 is 0 Å². The third-order valence-corrected chi connectivity index (χ3v) is 3.72. The van der Waals surface area contributed by atoms with Crippen LogP contribution in [0.4, 0.5) is 5.69 Å². The summed E-state index contributed by atoms with van der Waals surface area (Å²) in [6, 6.07) is 10.2. The lowest BCUT2D eigenvalue weighted by molar-refractivity contribution is 0.503. The van der Waals surface area contributed by atoms with E-state index < -0.39 is 0 Å². The Morgan fingerprint density at radius 1 is 1.24 bits per heavy atom. The fraction of sp³-hybridized carbons (Fsp3) is 0.412. The molecule has 3 nitrogen and oxygen atoms in total. The molecule has 0 amide bonds. The summed E-state index contributed by atoms with van der Waals surface area (Å²) in [5.74, 6) is 0.946. The average Bonchev–Trinajstić information content (AvgIpc) is 2.99. The van der Waals surface area contributed by atoms with Crippen LogP contribution in [0.25, 0.3) is 0 Å². The molecule has 1 heterocycles. The van der Waals surface area contributed by atoms with E-state index in [2.05, 4.69) is 36.2 Å². The number of hydrogen-bond donors (Lipinski definition) is 1. The van der Waals surface area contributed by atoms with Gasteiger partial charge in [0.25, 0.3) is 0 Å². The molecule has 1 N–H and O–H groups in total. The van der Waals surface area contributed by atoms with Crippen LogP contribution in [0.3, 0.4) is 0 Å². The molecule has 0 spiro atoms. The van der Waals surface area contributed by atoms with Gasteiger partial charge in [0.05, 0.1) is 23.5 Å². The van der Waals surface area contributed by atoms with E-state index in [1.807, 2.05) is 18.2 Å². The second-order valence-corrected chi connectivity index (χ2v) is 5.46. The lowest BCUT2D eigenvalue weighted by Gasteiger charge is -2.23. The third-order valence-electron chi connectivity index (χ3n) is 3.42. The van der Waals surface area contributed by atoms with Crippen LogP contribution in [0.1, 0.15) is 31.6 Å². The molecule has 0 bridgehead atoms.